The summed E-state index contributed by atoms with van der Waals surface area (Å²) in [6.07, 6.45) is 0. The normalized spacial score (nSPS) is 14.2. The molecule has 0 saturated carbocycles. The molecule has 0 aliphatic carbocycles. The zero-order valence-electron chi connectivity index (χ0n) is 23.7. The first kappa shape index (κ1) is 24.5. The Bertz CT molecular complexity index is 1950. The maximum atomic E-state index is 6.40. The number of rotatable bonds is 3. The minimum atomic E-state index is -0.132. The third-order valence-corrected chi connectivity index (χ3v) is 8.62. The Morgan fingerprint density at radius 3 is 1.64 bits per heavy atom. The predicted octanol–water partition coefficient (Wildman–Crippen LogP) is 11.0. The quantitative estimate of drug-likeness (QED) is 0.221. The summed E-state index contributed by atoms with van der Waals surface area (Å²) in [5.41, 5.74) is 11.6. The molecule has 3 nitrogen and oxygen atoms in total. The van der Waals surface area contributed by atoms with Gasteiger partial charge in [-0.25, -0.2) is 0 Å². The summed E-state index contributed by atoms with van der Waals surface area (Å²) in [6.45, 7) is 4.66. The molecule has 2 aliphatic rings. The first-order valence-electron chi connectivity index (χ1n) is 14.5. The van der Waals surface area contributed by atoms with Gasteiger partial charge >= 0.3 is 0 Å². The predicted molar refractivity (Wildman–Crippen MR) is 173 cm³/mol. The van der Waals surface area contributed by atoms with E-state index in [0.717, 1.165) is 39.8 Å². The topological polar surface area (TPSA) is 15.7 Å². The number of hydrogen-bond acceptors (Lipinski definition) is 3. The lowest BCUT2D eigenvalue weighted by Gasteiger charge is -2.42. The van der Waals surface area contributed by atoms with Crippen LogP contribution >= 0.6 is 0 Å². The van der Waals surface area contributed by atoms with E-state index < -0.39 is 0 Å². The number of ether oxygens (including phenoxy) is 1. The fourth-order valence-corrected chi connectivity index (χ4v) is 6.54. The molecule has 0 unspecified atom stereocenters. The van der Waals surface area contributed by atoms with E-state index in [1.807, 2.05) is 12.1 Å². The second-order valence-corrected chi connectivity index (χ2v) is 11.5. The number of fused-ring (bicyclic) bond motifs is 4. The third kappa shape index (κ3) is 3.74. The van der Waals surface area contributed by atoms with Gasteiger partial charge in [0.15, 0.2) is 11.5 Å². The molecule has 0 spiro atoms. The fourth-order valence-electron chi connectivity index (χ4n) is 6.54. The van der Waals surface area contributed by atoms with Crippen LogP contribution in [0.4, 0.5) is 34.1 Å². The van der Waals surface area contributed by atoms with E-state index >= 15 is 0 Å². The number of anilines is 6. The van der Waals surface area contributed by atoms with Crippen molar-refractivity contribution in [1.82, 2.24) is 0 Å². The number of para-hydroxylation sites is 5. The van der Waals surface area contributed by atoms with E-state index in [4.69, 9.17) is 4.74 Å². The summed E-state index contributed by atoms with van der Waals surface area (Å²) >= 11 is 0. The van der Waals surface area contributed by atoms with Gasteiger partial charge in [-0.3, -0.25) is 0 Å². The van der Waals surface area contributed by atoms with Gasteiger partial charge in [-0.1, -0.05) is 98.8 Å². The average molecular weight is 543 g/mol. The van der Waals surface area contributed by atoms with Crippen molar-refractivity contribution in [3.8, 4) is 22.6 Å². The van der Waals surface area contributed by atoms with Gasteiger partial charge in [0.05, 0.1) is 22.7 Å². The molecule has 0 saturated heterocycles. The van der Waals surface area contributed by atoms with Crippen molar-refractivity contribution in [2.75, 3.05) is 9.80 Å². The van der Waals surface area contributed by atoms with Crippen molar-refractivity contribution >= 4 is 34.1 Å². The smallest absolute Gasteiger partial charge is 0.151 e. The Balaban J connectivity index is 1.30. The van der Waals surface area contributed by atoms with Gasteiger partial charge in [0, 0.05) is 16.8 Å². The summed E-state index contributed by atoms with van der Waals surface area (Å²) in [5, 5.41) is 0. The highest BCUT2D eigenvalue weighted by Crippen LogP contribution is 2.54. The highest BCUT2D eigenvalue weighted by molar-refractivity contribution is 5.91. The van der Waals surface area contributed by atoms with E-state index in [1.165, 1.54) is 28.1 Å². The van der Waals surface area contributed by atoms with Crippen LogP contribution in [0.25, 0.3) is 11.1 Å². The molecule has 0 aromatic heterocycles. The third-order valence-electron chi connectivity index (χ3n) is 8.62. The molecule has 2 aliphatic heterocycles. The molecule has 0 N–H and O–H groups in total. The average Bonchev–Trinajstić information content (AvgIpc) is 3.04. The number of benzene rings is 6. The molecule has 3 heteroatoms. The van der Waals surface area contributed by atoms with Gasteiger partial charge in [0.25, 0.3) is 0 Å². The van der Waals surface area contributed by atoms with Crippen LogP contribution in [0.15, 0.2) is 146 Å². The van der Waals surface area contributed by atoms with Crippen LogP contribution in [0.1, 0.15) is 25.0 Å². The molecular weight excluding hydrogens is 512 g/mol. The van der Waals surface area contributed by atoms with Gasteiger partial charge in [0.1, 0.15) is 0 Å². The molecule has 6 aromatic carbocycles. The Morgan fingerprint density at radius 1 is 0.429 bits per heavy atom. The molecule has 2 heterocycles. The second-order valence-electron chi connectivity index (χ2n) is 11.5. The summed E-state index contributed by atoms with van der Waals surface area (Å²) in [4.78, 5) is 4.71. The van der Waals surface area contributed by atoms with E-state index in [9.17, 15) is 0 Å². The van der Waals surface area contributed by atoms with Gasteiger partial charge in [-0.15, -0.1) is 0 Å². The van der Waals surface area contributed by atoms with Crippen LogP contribution in [0.3, 0.4) is 0 Å². The SMILES string of the molecule is CC1(C)c2ccccc2N(c2ccccc2)c2cc(-c3ccc4c(c3)N(c3ccccc3)c3ccccc3O4)ccc21. The zero-order valence-corrected chi connectivity index (χ0v) is 23.7. The van der Waals surface area contributed by atoms with E-state index in [0.29, 0.717) is 0 Å². The minimum absolute atomic E-state index is 0.132. The van der Waals surface area contributed by atoms with Gasteiger partial charge in [-0.05, 0) is 82.9 Å². The molecule has 8 rings (SSSR count). The zero-order chi connectivity index (χ0) is 28.3. The number of hydrogen-bond donors (Lipinski definition) is 0. The standard InChI is InChI=1S/C39H30N2O/c1-39(2)31-17-9-10-18-33(31)40(29-13-5-3-6-14-29)35-25-27(21-23-32(35)39)28-22-24-38-36(26-28)41(30-15-7-4-8-16-30)34-19-11-12-20-37(34)42-38/h3-26H,1-2H3. The first-order valence-corrected chi connectivity index (χ1v) is 14.5. The van der Waals surface area contributed by atoms with Crippen LogP contribution in [-0.2, 0) is 5.41 Å². The summed E-state index contributed by atoms with van der Waals surface area (Å²) in [6, 6.07) is 51.7. The van der Waals surface area contributed by atoms with Crippen LogP contribution in [0.5, 0.6) is 11.5 Å². The lowest BCUT2D eigenvalue weighted by molar-refractivity contribution is 0.477. The highest BCUT2D eigenvalue weighted by Gasteiger charge is 2.37. The molecule has 202 valence electrons. The summed E-state index contributed by atoms with van der Waals surface area (Å²) in [5.74, 6) is 1.70. The van der Waals surface area contributed by atoms with Gasteiger partial charge in [0.2, 0.25) is 0 Å². The Morgan fingerprint density at radius 2 is 0.929 bits per heavy atom. The van der Waals surface area contributed by atoms with Crippen LogP contribution in [-0.4, -0.2) is 0 Å². The van der Waals surface area contributed by atoms with Gasteiger partial charge < -0.3 is 14.5 Å². The van der Waals surface area contributed by atoms with Crippen molar-refractivity contribution < 1.29 is 4.74 Å². The molecule has 42 heavy (non-hydrogen) atoms. The van der Waals surface area contributed by atoms with Crippen LogP contribution in [0, 0.1) is 0 Å². The Hall–Kier alpha value is -5.28. The lowest BCUT2D eigenvalue weighted by atomic mass is 9.73. The van der Waals surface area contributed by atoms with Crippen LogP contribution < -0.4 is 14.5 Å². The fraction of sp³-hybridized carbons (Fsp3) is 0.0769. The number of nitrogens with zero attached hydrogens (tertiary/aromatic N) is 2. The van der Waals surface area contributed by atoms with E-state index in [1.54, 1.807) is 0 Å². The van der Waals surface area contributed by atoms with Crippen molar-refractivity contribution in [3.05, 3.63) is 157 Å². The Kier molecular flexibility index (Phi) is 5.48. The minimum Gasteiger partial charge on any atom is -0.453 e. The van der Waals surface area contributed by atoms with Gasteiger partial charge in [-0.2, -0.15) is 0 Å². The van der Waals surface area contributed by atoms with Crippen molar-refractivity contribution in [2.24, 2.45) is 0 Å². The largest absolute Gasteiger partial charge is 0.453 e. The molecular formula is C39H30N2O. The van der Waals surface area contributed by atoms with Crippen molar-refractivity contribution in [2.45, 2.75) is 19.3 Å². The van der Waals surface area contributed by atoms with Crippen molar-refractivity contribution in [1.29, 1.82) is 0 Å². The maximum absolute atomic E-state index is 6.40. The molecule has 0 bridgehead atoms. The summed E-state index contributed by atoms with van der Waals surface area (Å²) in [7, 11) is 0. The molecule has 0 atom stereocenters. The lowest BCUT2D eigenvalue weighted by Crippen LogP contribution is -2.30. The second kappa shape index (κ2) is 9.39. The molecule has 0 amide bonds. The highest BCUT2D eigenvalue weighted by atomic mass is 16.5. The first-order chi connectivity index (χ1) is 20.6. The summed E-state index contributed by atoms with van der Waals surface area (Å²) < 4.78 is 6.40. The Labute approximate surface area is 246 Å². The van der Waals surface area contributed by atoms with Crippen molar-refractivity contribution in [3.63, 3.8) is 0 Å². The molecule has 0 fully saturated rings. The monoisotopic (exact) mass is 542 g/mol. The molecule has 0 radical (unpaired) electrons. The van der Waals surface area contributed by atoms with E-state index in [2.05, 4.69) is 157 Å². The maximum Gasteiger partial charge on any atom is 0.151 e. The molecule has 6 aromatic rings. The van der Waals surface area contributed by atoms with E-state index in [-0.39, 0.29) is 5.41 Å². The van der Waals surface area contributed by atoms with Crippen LogP contribution in [0.2, 0.25) is 0 Å².